The molecule has 0 radical (unpaired) electrons. The van der Waals surface area contributed by atoms with Crippen molar-refractivity contribution in [2.24, 2.45) is 0 Å². The maximum atomic E-state index is 12.7. The fraction of sp³-hybridized carbons (Fsp3) is 0.423. The molecule has 1 amide bonds. The van der Waals surface area contributed by atoms with Crippen molar-refractivity contribution in [3.8, 4) is 22.8 Å². The summed E-state index contributed by atoms with van der Waals surface area (Å²) >= 11 is 1.57. The number of carbonyl (C=O) groups is 1. The van der Waals surface area contributed by atoms with Crippen LogP contribution in [0, 0.1) is 0 Å². The first-order valence-corrected chi connectivity index (χ1v) is 13.1. The predicted octanol–water partition coefficient (Wildman–Crippen LogP) is 5.25. The molecule has 5 heterocycles. The SMILES string of the molecule is CC(C)(C)OC(=O)N1C2CCC1CC(Oc1ccc(-c3ccc(-n4cccn4)c4ncsc34)nn1)C2. The van der Waals surface area contributed by atoms with Gasteiger partial charge in [0, 0.05) is 48.9 Å². The average Bonchev–Trinajstić information content (AvgIpc) is 3.58. The second-order valence-electron chi connectivity index (χ2n) is 10.4. The van der Waals surface area contributed by atoms with Crippen LogP contribution in [0.1, 0.15) is 46.5 Å². The Kier molecular flexibility index (Phi) is 5.63. The van der Waals surface area contributed by atoms with E-state index in [0.717, 1.165) is 52.8 Å². The molecule has 2 aliphatic heterocycles. The van der Waals surface area contributed by atoms with E-state index in [1.807, 2.05) is 72.4 Å². The second-order valence-corrected chi connectivity index (χ2v) is 11.2. The molecule has 2 bridgehead atoms. The molecule has 0 aliphatic carbocycles. The van der Waals surface area contributed by atoms with E-state index in [4.69, 9.17) is 9.47 Å². The standard InChI is InChI=1S/C26H28N6O3S/c1-26(2,3)35-25(33)32-16-5-6-17(32)14-18(13-16)34-22-10-8-20(29-30-22)19-7-9-21(31-12-4-11-28-31)23-24(19)36-15-27-23/h4,7-12,15-18H,5-6,13-14H2,1-3H3. The number of aromatic nitrogens is 5. The van der Waals surface area contributed by atoms with Crippen LogP contribution in [0.25, 0.3) is 27.2 Å². The first kappa shape index (κ1) is 22.9. The third-order valence-electron chi connectivity index (χ3n) is 6.71. The Morgan fingerprint density at radius 3 is 2.56 bits per heavy atom. The number of rotatable bonds is 4. The quantitative estimate of drug-likeness (QED) is 0.375. The van der Waals surface area contributed by atoms with Crippen molar-refractivity contribution in [2.45, 2.75) is 70.2 Å². The molecule has 9 nitrogen and oxygen atoms in total. The van der Waals surface area contributed by atoms with Gasteiger partial charge < -0.3 is 14.4 Å². The summed E-state index contributed by atoms with van der Waals surface area (Å²) < 4.78 is 14.7. The number of hydrogen-bond donors (Lipinski definition) is 0. The van der Waals surface area contributed by atoms with E-state index in [1.54, 1.807) is 17.5 Å². The molecule has 6 rings (SSSR count). The lowest BCUT2D eigenvalue weighted by atomic mass is 10.0. The van der Waals surface area contributed by atoms with Crippen LogP contribution in [0.3, 0.4) is 0 Å². The van der Waals surface area contributed by atoms with Crippen LogP contribution in [0.15, 0.2) is 48.2 Å². The molecule has 0 spiro atoms. The van der Waals surface area contributed by atoms with Crippen LogP contribution in [0.4, 0.5) is 4.79 Å². The van der Waals surface area contributed by atoms with Crippen molar-refractivity contribution < 1.29 is 14.3 Å². The Bertz CT molecular complexity index is 1370. The van der Waals surface area contributed by atoms with Gasteiger partial charge in [0.2, 0.25) is 5.88 Å². The van der Waals surface area contributed by atoms with Gasteiger partial charge in [-0.1, -0.05) is 0 Å². The highest BCUT2D eigenvalue weighted by atomic mass is 32.1. The van der Waals surface area contributed by atoms with Gasteiger partial charge in [0.05, 0.1) is 21.6 Å². The lowest BCUT2D eigenvalue weighted by Gasteiger charge is -2.39. The lowest BCUT2D eigenvalue weighted by molar-refractivity contribution is -0.00770. The number of ether oxygens (including phenoxy) is 2. The maximum absolute atomic E-state index is 12.7. The normalized spacial score (nSPS) is 21.6. The van der Waals surface area contributed by atoms with Crippen molar-refractivity contribution in [1.29, 1.82) is 0 Å². The molecule has 2 unspecified atom stereocenters. The van der Waals surface area contributed by atoms with E-state index < -0.39 is 5.60 Å². The highest BCUT2D eigenvalue weighted by molar-refractivity contribution is 7.17. The van der Waals surface area contributed by atoms with Crippen molar-refractivity contribution in [3.05, 3.63) is 48.2 Å². The monoisotopic (exact) mass is 504 g/mol. The molecule has 2 aliphatic rings. The summed E-state index contributed by atoms with van der Waals surface area (Å²) in [5.74, 6) is 0.502. The molecule has 4 aromatic rings. The zero-order valence-electron chi connectivity index (χ0n) is 20.5. The third kappa shape index (κ3) is 4.30. The molecular formula is C26H28N6O3S. The predicted molar refractivity (Wildman–Crippen MR) is 136 cm³/mol. The number of fused-ring (bicyclic) bond motifs is 3. The molecular weight excluding hydrogens is 476 g/mol. The lowest BCUT2D eigenvalue weighted by Crippen LogP contribution is -2.50. The van der Waals surface area contributed by atoms with Gasteiger partial charge in [0.15, 0.2) is 0 Å². The fourth-order valence-electron chi connectivity index (χ4n) is 5.27. The minimum Gasteiger partial charge on any atom is -0.473 e. The van der Waals surface area contributed by atoms with Crippen molar-refractivity contribution in [1.82, 2.24) is 29.9 Å². The first-order valence-electron chi connectivity index (χ1n) is 12.2. The molecule has 10 heteroatoms. The summed E-state index contributed by atoms with van der Waals surface area (Å²) in [5.41, 5.74) is 4.90. The summed E-state index contributed by atoms with van der Waals surface area (Å²) in [7, 11) is 0. The Hall–Kier alpha value is -3.53. The zero-order valence-corrected chi connectivity index (χ0v) is 21.3. The number of nitrogens with zero attached hydrogens (tertiary/aromatic N) is 6. The summed E-state index contributed by atoms with van der Waals surface area (Å²) in [6, 6.07) is 10.0. The van der Waals surface area contributed by atoms with Gasteiger partial charge in [-0.2, -0.15) is 5.10 Å². The number of amides is 1. The second kappa shape index (κ2) is 8.85. The Labute approximate surface area is 213 Å². The summed E-state index contributed by atoms with van der Waals surface area (Å²) in [6.07, 6.45) is 6.95. The van der Waals surface area contributed by atoms with Gasteiger partial charge in [-0.15, -0.1) is 21.5 Å². The van der Waals surface area contributed by atoms with Gasteiger partial charge in [-0.25, -0.2) is 14.5 Å². The molecule has 2 atom stereocenters. The molecule has 2 fully saturated rings. The van der Waals surface area contributed by atoms with Gasteiger partial charge >= 0.3 is 6.09 Å². The highest BCUT2D eigenvalue weighted by Gasteiger charge is 2.45. The van der Waals surface area contributed by atoms with E-state index in [2.05, 4.69) is 20.3 Å². The van der Waals surface area contributed by atoms with Crippen LogP contribution in [-0.2, 0) is 4.74 Å². The third-order valence-corrected chi connectivity index (χ3v) is 7.57. The number of benzene rings is 1. The summed E-state index contributed by atoms with van der Waals surface area (Å²) in [4.78, 5) is 19.2. The van der Waals surface area contributed by atoms with Gasteiger partial charge in [-0.05, 0) is 57.9 Å². The molecule has 186 valence electrons. The van der Waals surface area contributed by atoms with E-state index in [9.17, 15) is 4.79 Å². The largest absolute Gasteiger partial charge is 0.473 e. The minimum absolute atomic E-state index is 0.00268. The minimum atomic E-state index is -0.495. The Morgan fingerprint density at radius 2 is 1.89 bits per heavy atom. The molecule has 0 saturated carbocycles. The van der Waals surface area contributed by atoms with Crippen LogP contribution in [-0.4, -0.2) is 59.7 Å². The summed E-state index contributed by atoms with van der Waals surface area (Å²) in [6.45, 7) is 5.70. The molecule has 1 aromatic carbocycles. The van der Waals surface area contributed by atoms with Gasteiger partial charge in [0.25, 0.3) is 0 Å². The zero-order chi connectivity index (χ0) is 24.9. The topological polar surface area (TPSA) is 95.3 Å². The Morgan fingerprint density at radius 1 is 1.08 bits per heavy atom. The maximum Gasteiger partial charge on any atom is 0.410 e. The Balaban J connectivity index is 1.16. The number of hydrogen-bond acceptors (Lipinski definition) is 8. The van der Waals surface area contributed by atoms with E-state index in [-0.39, 0.29) is 24.3 Å². The van der Waals surface area contributed by atoms with Crippen molar-refractivity contribution in [3.63, 3.8) is 0 Å². The van der Waals surface area contributed by atoms with Crippen LogP contribution in [0.5, 0.6) is 5.88 Å². The van der Waals surface area contributed by atoms with Crippen LogP contribution in [0.2, 0.25) is 0 Å². The van der Waals surface area contributed by atoms with Crippen molar-refractivity contribution in [2.75, 3.05) is 0 Å². The number of carbonyl (C=O) groups excluding carboxylic acids is 1. The molecule has 0 N–H and O–H groups in total. The van der Waals surface area contributed by atoms with Gasteiger partial charge in [0.1, 0.15) is 17.2 Å². The van der Waals surface area contributed by atoms with Gasteiger partial charge in [-0.3, -0.25) is 0 Å². The van der Waals surface area contributed by atoms with E-state index in [1.165, 1.54) is 0 Å². The smallest absolute Gasteiger partial charge is 0.410 e. The average molecular weight is 505 g/mol. The molecule has 36 heavy (non-hydrogen) atoms. The van der Waals surface area contributed by atoms with E-state index in [0.29, 0.717) is 5.88 Å². The number of piperidine rings is 1. The van der Waals surface area contributed by atoms with E-state index >= 15 is 0 Å². The summed E-state index contributed by atoms with van der Waals surface area (Å²) in [5, 5.41) is 13.2. The molecule has 3 aromatic heterocycles. The number of thiazole rings is 1. The van der Waals surface area contributed by atoms with Crippen molar-refractivity contribution >= 4 is 27.6 Å². The fourth-order valence-corrected chi connectivity index (χ4v) is 6.10. The van der Waals surface area contributed by atoms with Crippen LogP contribution < -0.4 is 4.74 Å². The first-order chi connectivity index (χ1) is 17.4. The molecule has 2 saturated heterocycles. The highest BCUT2D eigenvalue weighted by Crippen LogP contribution is 2.38. The van der Waals surface area contributed by atoms with Crippen LogP contribution >= 0.6 is 11.3 Å².